The molecule has 4 atom stereocenters. The number of aromatic amines is 1. The summed E-state index contributed by atoms with van der Waals surface area (Å²) in [5.74, 6) is -0.698. The Hall–Kier alpha value is -4.11. The van der Waals surface area contributed by atoms with Crippen LogP contribution in [0.3, 0.4) is 0 Å². The molecule has 0 aliphatic carbocycles. The van der Waals surface area contributed by atoms with E-state index in [1.807, 2.05) is 68.4 Å². The molecule has 0 saturated carbocycles. The molecular formula is C32H41N5O4. The quantitative estimate of drug-likeness (QED) is 0.274. The van der Waals surface area contributed by atoms with E-state index in [0.29, 0.717) is 12.2 Å². The molecule has 2 aliphatic rings. The smallest absolute Gasteiger partial charge is 0.247 e. The molecule has 0 saturated heterocycles. The van der Waals surface area contributed by atoms with Crippen LogP contribution in [0, 0.1) is 5.92 Å². The van der Waals surface area contributed by atoms with E-state index in [9.17, 15) is 14.4 Å². The van der Waals surface area contributed by atoms with Crippen molar-refractivity contribution in [3.05, 3.63) is 72.1 Å². The standard InChI is InChI=1S/C32H41N5O4/c1-5-6-10-26(33-4)31(39)37-28-29(20(2)3)41-24-14-12-21(13-15-24)16-17-34-30(38)27(36-32(28)40)19-23-18-22-9-7-8-11-25(22)35-23/h7-9,11-18,20,26-29,33,35H,5-6,10,19H2,1-4H3,(H,34,38)(H,36,40)(H,37,39). The zero-order valence-corrected chi connectivity index (χ0v) is 24.2. The highest BCUT2D eigenvalue weighted by Crippen LogP contribution is 2.21. The molecule has 41 heavy (non-hydrogen) atoms. The van der Waals surface area contributed by atoms with Crippen LogP contribution in [0.25, 0.3) is 17.0 Å². The fourth-order valence-corrected chi connectivity index (χ4v) is 5.02. The lowest BCUT2D eigenvalue weighted by Crippen LogP contribution is -2.61. The minimum absolute atomic E-state index is 0.136. The Kier molecular flexibility index (Phi) is 10.2. The van der Waals surface area contributed by atoms with E-state index in [1.165, 1.54) is 0 Å². The zero-order chi connectivity index (χ0) is 29.4. The second-order valence-corrected chi connectivity index (χ2v) is 10.9. The van der Waals surface area contributed by atoms with Gasteiger partial charge in [0.25, 0.3) is 0 Å². The van der Waals surface area contributed by atoms with Crippen LogP contribution in [0.15, 0.2) is 60.8 Å². The summed E-state index contributed by atoms with van der Waals surface area (Å²) in [7, 11) is 1.74. The highest BCUT2D eigenvalue weighted by atomic mass is 16.5. The Balaban J connectivity index is 1.69. The summed E-state index contributed by atoms with van der Waals surface area (Å²) < 4.78 is 6.35. The molecule has 0 radical (unpaired) electrons. The van der Waals surface area contributed by atoms with Crippen molar-refractivity contribution in [3.8, 4) is 5.75 Å². The largest absolute Gasteiger partial charge is 0.487 e. The van der Waals surface area contributed by atoms with Gasteiger partial charge in [-0.2, -0.15) is 0 Å². The van der Waals surface area contributed by atoms with Gasteiger partial charge in [-0.1, -0.05) is 63.9 Å². The summed E-state index contributed by atoms with van der Waals surface area (Å²) in [6.07, 6.45) is 5.34. The third-order valence-corrected chi connectivity index (χ3v) is 7.37. The van der Waals surface area contributed by atoms with Crippen LogP contribution in [0.5, 0.6) is 5.75 Å². The van der Waals surface area contributed by atoms with Gasteiger partial charge in [-0.25, -0.2) is 0 Å². The van der Waals surface area contributed by atoms with Crippen molar-refractivity contribution in [3.63, 3.8) is 0 Å². The second kappa shape index (κ2) is 14.0. The van der Waals surface area contributed by atoms with Crippen LogP contribution in [0.1, 0.15) is 51.3 Å². The number of amides is 3. The van der Waals surface area contributed by atoms with Crippen LogP contribution in [-0.4, -0.2) is 54.0 Å². The number of hydrogen-bond donors (Lipinski definition) is 5. The molecule has 9 heteroatoms. The average molecular weight is 560 g/mol. The summed E-state index contributed by atoms with van der Waals surface area (Å²) in [5, 5.41) is 12.8. The maximum atomic E-state index is 14.0. The normalized spacial score (nSPS) is 20.3. The summed E-state index contributed by atoms with van der Waals surface area (Å²) >= 11 is 0. The van der Waals surface area contributed by atoms with Gasteiger partial charge in [0.15, 0.2) is 0 Å². The molecule has 218 valence electrons. The van der Waals surface area contributed by atoms with Gasteiger partial charge in [-0.15, -0.1) is 0 Å². The Morgan fingerprint density at radius 2 is 1.80 bits per heavy atom. The maximum absolute atomic E-state index is 14.0. The average Bonchev–Trinajstić information content (AvgIpc) is 3.37. The van der Waals surface area contributed by atoms with Crippen LogP contribution in [0.4, 0.5) is 0 Å². The van der Waals surface area contributed by atoms with Gasteiger partial charge < -0.3 is 31.0 Å². The molecule has 3 aromatic rings. The predicted octanol–water partition coefficient (Wildman–Crippen LogP) is 3.66. The summed E-state index contributed by atoms with van der Waals surface area (Å²) in [6, 6.07) is 14.8. The lowest BCUT2D eigenvalue weighted by molar-refractivity contribution is -0.135. The molecule has 3 amide bonds. The van der Waals surface area contributed by atoms with Crippen molar-refractivity contribution < 1.29 is 19.1 Å². The zero-order valence-electron chi connectivity index (χ0n) is 24.2. The molecule has 0 fully saturated rings. The highest BCUT2D eigenvalue weighted by molar-refractivity contribution is 5.94. The van der Waals surface area contributed by atoms with Crippen LogP contribution in [0.2, 0.25) is 0 Å². The number of H-pyrrole nitrogens is 1. The summed E-state index contributed by atoms with van der Waals surface area (Å²) in [6.45, 7) is 5.95. The van der Waals surface area contributed by atoms with Crippen molar-refractivity contribution in [1.82, 2.24) is 26.3 Å². The minimum atomic E-state index is -1.05. The number of nitrogens with one attached hydrogen (secondary N) is 5. The van der Waals surface area contributed by atoms with Crippen LogP contribution in [-0.2, 0) is 20.8 Å². The first-order valence-electron chi connectivity index (χ1n) is 14.4. The number of unbranched alkanes of at least 4 members (excludes halogenated alkanes) is 1. The van der Waals surface area contributed by atoms with Crippen LogP contribution < -0.4 is 26.0 Å². The Bertz CT molecular complexity index is 1330. The number of aromatic nitrogens is 1. The van der Waals surface area contributed by atoms with Crippen molar-refractivity contribution >= 4 is 34.7 Å². The monoisotopic (exact) mass is 559 g/mol. The van der Waals surface area contributed by atoms with Gasteiger partial charge in [-0.3, -0.25) is 14.4 Å². The summed E-state index contributed by atoms with van der Waals surface area (Å²) in [4.78, 5) is 44.1. The molecule has 3 heterocycles. The first kappa shape index (κ1) is 29.9. The summed E-state index contributed by atoms with van der Waals surface area (Å²) in [5.41, 5.74) is 2.63. The third kappa shape index (κ3) is 7.76. The molecule has 5 rings (SSSR count). The number of ether oxygens (including phenoxy) is 1. The van der Waals surface area contributed by atoms with Gasteiger partial charge in [0, 0.05) is 23.8 Å². The van der Waals surface area contributed by atoms with Gasteiger partial charge in [0.05, 0.1) is 6.04 Å². The van der Waals surface area contributed by atoms with Crippen molar-refractivity contribution in [2.45, 2.75) is 70.7 Å². The first-order chi connectivity index (χ1) is 19.8. The Morgan fingerprint density at radius 3 is 2.49 bits per heavy atom. The minimum Gasteiger partial charge on any atom is -0.487 e. The van der Waals surface area contributed by atoms with E-state index >= 15 is 0 Å². The SMILES string of the molecule is CCCCC(NC)C(=O)NC1C(=O)NC(Cc2cc3ccccc3[nH]2)C(=O)NC=Cc2ccc(cc2)OC1C(C)C. The van der Waals surface area contributed by atoms with Crippen molar-refractivity contribution in [1.29, 1.82) is 0 Å². The van der Waals surface area contributed by atoms with Gasteiger partial charge >= 0.3 is 0 Å². The van der Waals surface area contributed by atoms with Gasteiger partial charge in [-0.05, 0) is 60.7 Å². The number of fused-ring (bicyclic) bond motifs is 11. The first-order valence-corrected chi connectivity index (χ1v) is 14.4. The third-order valence-electron chi connectivity index (χ3n) is 7.37. The lowest BCUT2D eigenvalue weighted by Gasteiger charge is -2.32. The van der Waals surface area contributed by atoms with Gasteiger partial charge in [0.2, 0.25) is 17.7 Å². The number of benzene rings is 2. The van der Waals surface area contributed by atoms with E-state index in [-0.39, 0.29) is 24.2 Å². The topological polar surface area (TPSA) is 124 Å². The number of likely N-dealkylation sites (N-methyl/N-ethyl adjacent to an activating group) is 1. The number of rotatable bonds is 9. The number of carbonyl (C=O) groups is 3. The van der Waals surface area contributed by atoms with E-state index in [2.05, 4.69) is 33.2 Å². The maximum Gasteiger partial charge on any atom is 0.247 e. The van der Waals surface area contributed by atoms with Gasteiger partial charge in [0.1, 0.15) is 23.9 Å². The number of carbonyl (C=O) groups excluding carboxylic acids is 3. The molecule has 2 bridgehead atoms. The molecule has 4 unspecified atom stereocenters. The predicted molar refractivity (Wildman–Crippen MR) is 161 cm³/mol. The lowest BCUT2D eigenvalue weighted by atomic mass is 9.96. The second-order valence-electron chi connectivity index (χ2n) is 10.9. The fourth-order valence-electron chi connectivity index (χ4n) is 5.02. The molecule has 0 spiro atoms. The number of hydrogen-bond acceptors (Lipinski definition) is 5. The van der Waals surface area contributed by atoms with Crippen molar-refractivity contribution in [2.24, 2.45) is 5.92 Å². The Morgan fingerprint density at radius 1 is 1.05 bits per heavy atom. The van der Waals surface area contributed by atoms with E-state index in [1.54, 1.807) is 19.3 Å². The van der Waals surface area contributed by atoms with Crippen molar-refractivity contribution in [2.75, 3.05) is 7.05 Å². The van der Waals surface area contributed by atoms with E-state index in [4.69, 9.17) is 4.74 Å². The molecule has 9 nitrogen and oxygen atoms in total. The fraction of sp³-hybridized carbons (Fsp3) is 0.406. The molecule has 2 aromatic carbocycles. The highest BCUT2D eigenvalue weighted by Gasteiger charge is 2.37. The molecule has 2 aliphatic heterocycles. The molecule has 1 aromatic heterocycles. The molecular weight excluding hydrogens is 518 g/mol. The Labute approximate surface area is 241 Å². The van der Waals surface area contributed by atoms with E-state index < -0.39 is 30.1 Å². The molecule has 5 N–H and O–H groups in total. The van der Waals surface area contributed by atoms with Crippen LogP contribution >= 0.6 is 0 Å². The number of para-hydroxylation sites is 1. The van der Waals surface area contributed by atoms with E-state index in [0.717, 1.165) is 35.0 Å².